The molecule has 0 aliphatic carbocycles. The highest BCUT2D eigenvalue weighted by Crippen LogP contribution is 2.47. The highest BCUT2D eigenvalue weighted by molar-refractivity contribution is 6.16. The fourth-order valence-corrected chi connectivity index (χ4v) is 4.74. The number of carbonyl (C=O) groups excluding carboxylic acids is 1. The fraction of sp³-hybridized carbons (Fsp3) is 0.280. The van der Waals surface area contributed by atoms with E-state index >= 15 is 0 Å². The maximum Gasteiger partial charge on any atom is 0.343 e. The minimum Gasteiger partial charge on any atom is -0.507 e. The molecule has 8 heteroatoms. The standard InChI is InChI=1S/C25H25N3O5/c1-15-19(25(30)32-14-26)20-21(23(29)17-4-2-3-5-18(17)24(20)33-15)22(16-6-8-27-9-7-16)28-10-12-31-13-11-28/h2-9,22,29H,10-14,26H2,1H3. The Labute approximate surface area is 190 Å². The van der Waals surface area contributed by atoms with Gasteiger partial charge in [0.05, 0.1) is 19.3 Å². The number of aromatic nitrogens is 1. The summed E-state index contributed by atoms with van der Waals surface area (Å²) < 4.78 is 16.9. The van der Waals surface area contributed by atoms with Crippen LogP contribution in [0.15, 0.2) is 53.2 Å². The summed E-state index contributed by atoms with van der Waals surface area (Å²) in [6, 6.07) is 11.0. The molecule has 1 saturated heterocycles. The van der Waals surface area contributed by atoms with E-state index < -0.39 is 5.97 Å². The van der Waals surface area contributed by atoms with Crippen LogP contribution in [0.1, 0.15) is 33.3 Å². The number of furan rings is 1. The maximum atomic E-state index is 13.0. The van der Waals surface area contributed by atoms with Gasteiger partial charge in [0.15, 0.2) is 0 Å². The van der Waals surface area contributed by atoms with Crippen molar-refractivity contribution in [2.75, 3.05) is 33.0 Å². The lowest BCUT2D eigenvalue weighted by molar-refractivity contribution is 0.0238. The van der Waals surface area contributed by atoms with E-state index in [9.17, 15) is 9.90 Å². The Morgan fingerprint density at radius 3 is 2.58 bits per heavy atom. The van der Waals surface area contributed by atoms with Gasteiger partial charge in [-0.2, -0.15) is 0 Å². The van der Waals surface area contributed by atoms with Gasteiger partial charge in [0, 0.05) is 47.2 Å². The first-order chi connectivity index (χ1) is 16.1. The molecule has 0 spiro atoms. The molecule has 1 atom stereocenters. The Morgan fingerprint density at radius 2 is 1.88 bits per heavy atom. The predicted octanol–water partition coefficient (Wildman–Crippen LogP) is 3.49. The smallest absolute Gasteiger partial charge is 0.343 e. The third kappa shape index (κ3) is 3.62. The van der Waals surface area contributed by atoms with Crippen molar-refractivity contribution >= 4 is 27.7 Å². The van der Waals surface area contributed by atoms with E-state index in [-0.39, 0.29) is 24.1 Å². The lowest BCUT2D eigenvalue weighted by Crippen LogP contribution is -2.39. The first kappa shape index (κ1) is 21.4. The molecule has 1 aliphatic rings. The van der Waals surface area contributed by atoms with Crippen LogP contribution in [0.2, 0.25) is 0 Å². The molecule has 2 aromatic heterocycles. The number of pyridine rings is 1. The number of aryl methyl sites for hydroxylation is 1. The number of fused-ring (bicyclic) bond motifs is 3. The van der Waals surface area contributed by atoms with Crippen LogP contribution in [0.3, 0.4) is 0 Å². The number of rotatable bonds is 5. The van der Waals surface area contributed by atoms with Gasteiger partial charge in [-0.15, -0.1) is 0 Å². The monoisotopic (exact) mass is 447 g/mol. The van der Waals surface area contributed by atoms with Crippen LogP contribution in [0.4, 0.5) is 0 Å². The second-order valence-corrected chi connectivity index (χ2v) is 7.98. The summed E-state index contributed by atoms with van der Waals surface area (Å²) in [6.45, 7) is 3.95. The predicted molar refractivity (Wildman–Crippen MR) is 123 cm³/mol. The molecule has 170 valence electrons. The van der Waals surface area contributed by atoms with Crippen molar-refractivity contribution in [2.24, 2.45) is 5.73 Å². The molecule has 3 N–H and O–H groups in total. The van der Waals surface area contributed by atoms with Gasteiger partial charge in [-0.3, -0.25) is 15.6 Å². The molecule has 0 bridgehead atoms. The fourth-order valence-electron chi connectivity index (χ4n) is 4.74. The molecule has 1 fully saturated rings. The van der Waals surface area contributed by atoms with Crippen LogP contribution >= 0.6 is 0 Å². The molecule has 8 nitrogen and oxygen atoms in total. The van der Waals surface area contributed by atoms with Crippen molar-refractivity contribution in [3.8, 4) is 5.75 Å². The molecular formula is C25H25N3O5. The number of aromatic hydroxyl groups is 1. The van der Waals surface area contributed by atoms with Crippen LogP contribution < -0.4 is 5.73 Å². The Bertz CT molecular complexity index is 1310. The number of nitrogens with zero attached hydrogens (tertiary/aromatic N) is 2. The summed E-state index contributed by atoms with van der Waals surface area (Å²) in [5.74, 6) is -0.0648. The van der Waals surface area contributed by atoms with Crippen molar-refractivity contribution in [1.82, 2.24) is 9.88 Å². The van der Waals surface area contributed by atoms with E-state index in [1.807, 2.05) is 36.4 Å². The van der Waals surface area contributed by atoms with E-state index in [4.69, 9.17) is 19.6 Å². The van der Waals surface area contributed by atoms with Crippen LogP contribution in [0, 0.1) is 6.92 Å². The van der Waals surface area contributed by atoms with Crippen molar-refractivity contribution in [3.63, 3.8) is 0 Å². The normalized spacial score (nSPS) is 15.7. The number of morpholine rings is 1. The van der Waals surface area contributed by atoms with Gasteiger partial charge in [-0.05, 0) is 24.6 Å². The SMILES string of the molecule is Cc1oc2c(c1C(=O)OCN)c(C(c1ccncc1)N1CCOCC1)c(O)c1ccccc12. The van der Waals surface area contributed by atoms with E-state index in [1.54, 1.807) is 19.3 Å². The molecule has 0 amide bonds. The molecule has 0 saturated carbocycles. The van der Waals surface area contributed by atoms with Gasteiger partial charge in [0.2, 0.25) is 0 Å². The van der Waals surface area contributed by atoms with Crippen LogP contribution in [-0.4, -0.2) is 54.0 Å². The molecule has 1 aliphatic heterocycles. The molecule has 2 aromatic carbocycles. The van der Waals surface area contributed by atoms with Crippen LogP contribution in [-0.2, 0) is 9.47 Å². The third-order valence-corrected chi connectivity index (χ3v) is 6.16. The van der Waals surface area contributed by atoms with Crippen molar-refractivity contribution in [2.45, 2.75) is 13.0 Å². The summed E-state index contributed by atoms with van der Waals surface area (Å²) in [5, 5.41) is 13.6. The van der Waals surface area contributed by atoms with Gasteiger partial charge in [0.25, 0.3) is 0 Å². The maximum absolute atomic E-state index is 13.0. The Hall–Kier alpha value is -3.46. The Morgan fingerprint density at radius 1 is 1.18 bits per heavy atom. The van der Waals surface area contributed by atoms with Crippen molar-refractivity contribution in [1.29, 1.82) is 0 Å². The summed E-state index contributed by atoms with van der Waals surface area (Å²) in [7, 11) is 0. The number of esters is 1. The number of hydrogen-bond acceptors (Lipinski definition) is 8. The van der Waals surface area contributed by atoms with Crippen LogP contribution in [0.5, 0.6) is 5.75 Å². The molecule has 3 heterocycles. The first-order valence-corrected chi connectivity index (χ1v) is 10.9. The summed E-state index contributed by atoms with van der Waals surface area (Å²) in [5.41, 5.74) is 7.85. The average Bonchev–Trinajstić information content (AvgIpc) is 3.20. The number of phenols is 1. The summed E-state index contributed by atoms with van der Waals surface area (Å²) in [4.78, 5) is 19.4. The van der Waals surface area contributed by atoms with E-state index in [1.165, 1.54) is 0 Å². The zero-order valence-electron chi connectivity index (χ0n) is 18.3. The summed E-state index contributed by atoms with van der Waals surface area (Å²) in [6.07, 6.45) is 3.45. The van der Waals surface area contributed by atoms with Gasteiger partial charge >= 0.3 is 5.97 Å². The average molecular weight is 447 g/mol. The zero-order valence-corrected chi connectivity index (χ0v) is 18.3. The van der Waals surface area contributed by atoms with Gasteiger partial charge in [-0.25, -0.2) is 4.79 Å². The van der Waals surface area contributed by atoms with E-state index in [0.29, 0.717) is 54.0 Å². The van der Waals surface area contributed by atoms with Crippen molar-refractivity contribution < 1.29 is 23.8 Å². The van der Waals surface area contributed by atoms with E-state index in [2.05, 4.69) is 9.88 Å². The van der Waals surface area contributed by atoms with Gasteiger partial charge in [-0.1, -0.05) is 24.3 Å². The van der Waals surface area contributed by atoms with Crippen LogP contribution in [0.25, 0.3) is 21.7 Å². The zero-order chi connectivity index (χ0) is 22.9. The number of phenolic OH excluding ortho intramolecular Hbond substituents is 1. The van der Waals surface area contributed by atoms with Crippen molar-refractivity contribution in [3.05, 3.63) is 71.2 Å². The van der Waals surface area contributed by atoms with E-state index in [0.717, 1.165) is 10.9 Å². The highest BCUT2D eigenvalue weighted by Gasteiger charge is 2.34. The van der Waals surface area contributed by atoms with Gasteiger partial charge < -0.3 is 19.0 Å². The second kappa shape index (κ2) is 8.82. The number of nitrogens with two attached hydrogens (primary N) is 1. The molecule has 5 rings (SSSR count). The second-order valence-electron chi connectivity index (χ2n) is 7.98. The molecule has 1 unspecified atom stereocenters. The number of carbonyl (C=O) groups is 1. The topological polar surface area (TPSA) is 111 Å². The number of benzene rings is 2. The lowest BCUT2D eigenvalue weighted by Gasteiger charge is -2.36. The first-order valence-electron chi connectivity index (χ1n) is 10.9. The molecule has 0 radical (unpaired) electrons. The number of ether oxygens (including phenoxy) is 2. The molecular weight excluding hydrogens is 422 g/mol. The minimum absolute atomic E-state index is 0.106. The third-order valence-electron chi connectivity index (χ3n) is 6.16. The Balaban J connectivity index is 1.89. The molecule has 33 heavy (non-hydrogen) atoms. The Kier molecular flexibility index (Phi) is 5.72. The summed E-state index contributed by atoms with van der Waals surface area (Å²) >= 11 is 0. The highest BCUT2D eigenvalue weighted by atomic mass is 16.5. The minimum atomic E-state index is -0.583. The quantitative estimate of drug-likeness (QED) is 0.353. The van der Waals surface area contributed by atoms with Gasteiger partial charge in [0.1, 0.15) is 29.4 Å². The largest absolute Gasteiger partial charge is 0.507 e. The molecule has 4 aromatic rings. The number of hydrogen-bond donors (Lipinski definition) is 2. The lowest BCUT2D eigenvalue weighted by atomic mass is 9.89.